The van der Waals surface area contributed by atoms with E-state index >= 15 is 0 Å². The maximum absolute atomic E-state index is 4.80. The number of benzene rings is 1. The lowest BCUT2D eigenvalue weighted by Crippen LogP contribution is -2.19. The van der Waals surface area contributed by atoms with Gasteiger partial charge < -0.3 is 10.2 Å². The molecule has 1 atom stereocenters. The van der Waals surface area contributed by atoms with Crippen molar-refractivity contribution in [2.24, 2.45) is 0 Å². The zero-order valence-corrected chi connectivity index (χ0v) is 13.5. The first kappa shape index (κ1) is 15.0. The van der Waals surface area contributed by atoms with Crippen LogP contribution in [0.4, 0.5) is 10.8 Å². The minimum absolute atomic E-state index is 0.306. The van der Waals surface area contributed by atoms with Crippen molar-refractivity contribution >= 4 is 22.2 Å². The highest BCUT2D eigenvalue weighted by Crippen LogP contribution is 2.31. The molecule has 0 fully saturated rings. The molecule has 1 N–H and O–H groups in total. The lowest BCUT2D eigenvalue weighted by molar-refractivity contribution is 0.586. The standard InChI is InChI=1S/C16H23N3S/c1-5-17-13(4)14-11-20-16(18-14)19(6-2)15-10-8-7-9-12(15)3/h7-11,13,17H,5-6H2,1-4H3. The zero-order valence-electron chi connectivity index (χ0n) is 12.7. The third-order valence-corrected chi connectivity index (χ3v) is 4.30. The van der Waals surface area contributed by atoms with Crippen molar-refractivity contribution in [3.05, 3.63) is 40.9 Å². The van der Waals surface area contributed by atoms with E-state index in [9.17, 15) is 0 Å². The van der Waals surface area contributed by atoms with Gasteiger partial charge in [-0.15, -0.1) is 11.3 Å². The van der Waals surface area contributed by atoms with E-state index in [1.165, 1.54) is 11.3 Å². The van der Waals surface area contributed by atoms with Crippen LogP contribution in [0.3, 0.4) is 0 Å². The van der Waals surface area contributed by atoms with Crippen LogP contribution in [-0.4, -0.2) is 18.1 Å². The first-order valence-corrected chi connectivity index (χ1v) is 8.07. The summed E-state index contributed by atoms with van der Waals surface area (Å²) in [5.74, 6) is 0. The molecule has 3 nitrogen and oxygen atoms in total. The Bertz CT molecular complexity index is 550. The van der Waals surface area contributed by atoms with Gasteiger partial charge in [-0.2, -0.15) is 0 Å². The highest BCUT2D eigenvalue weighted by molar-refractivity contribution is 7.13. The molecule has 0 radical (unpaired) electrons. The molecule has 0 saturated heterocycles. The van der Waals surface area contributed by atoms with E-state index in [0.29, 0.717) is 6.04 Å². The summed E-state index contributed by atoms with van der Waals surface area (Å²) in [6.45, 7) is 10.5. The number of aryl methyl sites for hydroxylation is 1. The summed E-state index contributed by atoms with van der Waals surface area (Å²) in [5.41, 5.74) is 3.65. The van der Waals surface area contributed by atoms with Gasteiger partial charge in [-0.25, -0.2) is 4.98 Å². The number of rotatable bonds is 6. The SMILES string of the molecule is CCNC(C)c1csc(N(CC)c2ccccc2C)n1. The Kier molecular flexibility index (Phi) is 5.15. The molecule has 0 aliphatic rings. The van der Waals surface area contributed by atoms with Crippen molar-refractivity contribution in [1.82, 2.24) is 10.3 Å². The average molecular weight is 289 g/mol. The number of hydrogen-bond donors (Lipinski definition) is 1. The predicted octanol–water partition coefficient (Wildman–Crippen LogP) is 4.28. The average Bonchev–Trinajstić information content (AvgIpc) is 2.92. The summed E-state index contributed by atoms with van der Waals surface area (Å²) in [4.78, 5) is 7.08. The highest BCUT2D eigenvalue weighted by atomic mass is 32.1. The fraction of sp³-hybridized carbons (Fsp3) is 0.438. The molecule has 108 valence electrons. The van der Waals surface area contributed by atoms with E-state index in [4.69, 9.17) is 4.98 Å². The van der Waals surface area contributed by atoms with Crippen molar-refractivity contribution in [2.75, 3.05) is 18.0 Å². The molecule has 0 spiro atoms. The molecule has 2 rings (SSSR count). The molecular formula is C16H23N3S. The quantitative estimate of drug-likeness (QED) is 0.860. The van der Waals surface area contributed by atoms with Crippen LogP contribution in [-0.2, 0) is 0 Å². The van der Waals surface area contributed by atoms with Crippen molar-refractivity contribution in [3.63, 3.8) is 0 Å². The van der Waals surface area contributed by atoms with Gasteiger partial charge in [-0.3, -0.25) is 0 Å². The minimum atomic E-state index is 0.306. The third kappa shape index (κ3) is 3.19. The van der Waals surface area contributed by atoms with E-state index in [2.05, 4.69) is 67.6 Å². The summed E-state index contributed by atoms with van der Waals surface area (Å²) >= 11 is 1.71. The molecule has 1 heterocycles. The van der Waals surface area contributed by atoms with Crippen LogP contribution in [0, 0.1) is 6.92 Å². The second-order valence-corrected chi connectivity index (χ2v) is 5.70. The number of hydrogen-bond acceptors (Lipinski definition) is 4. The van der Waals surface area contributed by atoms with Crippen molar-refractivity contribution in [3.8, 4) is 0 Å². The van der Waals surface area contributed by atoms with Crippen LogP contribution in [0.5, 0.6) is 0 Å². The first-order valence-electron chi connectivity index (χ1n) is 7.19. The Morgan fingerprint density at radius 1 is 1.30 bits per heavy atom. The lowest BCUT2D eigenvalue weighted by atomic mass is 10.2. The summed E-state index contributed by atoms with van der Waals surface area (Å²) in [6.07, 6.45) is 0. The molecule has 20 heavy (non-hydrogen) atoms. The van der Waals surface area contributed by atoms with Crippen LogP contribution in [0.1, 0.15) is 38.1 Å². The molecule has 4 heteroatoms. The van der Waals surface area contributed by atoms with Gasteiger partial charge in [0, 0.05) is 23.7 Å². The number of nitrogens with zero attached hydrogens (tertiary/aromatic N) is 2. The molecule has 1 unspecified atom stereocenters. The monoisotopic (exact) mass is 289 g/mol. The van der Waals surface area contributed by atoms with Gasteiger partial charge in [0.05, 0.1) is 5.69 Å². The Labute approximate surface area is 125 Å². The van der Waals surface area contributed by atoms with Crippen molar-refractivity contribution < 1.29 is 0 Å². The number of para-hydroxylation sites is 1. The topological polar surface area (TPSA) is 28.2 Å². The molecule has 0 bridgehead atoms. The summed E-state index contributed by atoms with van der Waals surface area (Å²) in [6, 6.07) is 8.77. The van der Waals surface area contributed by atoms with E-state index in [1.54, 1.807) is 11.3 Å². The van der Waals surface area contributed by atoms with E-state index in [0.717, 1.165) is 23.9 Å². The molecule has 0 aliphatic heterocycles. The van der Waals surface area contributed by atoms with E-state index < -0.39 is 0 Å². The van der Waals surface area contributed by atoms with E-state index in [-0.39, 0.29) is 0 Å². The summed E-state index contributed by atoms with van der Waals surface area (Å²) < 4.78 is 0. The van der Waals surface area contributed by atoms with Crippen LogP contribution in [0.25, 0.3) is 0 Å². The maximum atomic E-state index is 4.80. The van der Waals surface area contributed by atoms with Crippen LogP contribution >= 0.6 is 11.3 Å². The Hall–Kier alpha value is -1.39. The van der Waals surface area contributed by atoms with Crippen LogP contribution in [0.15, 0.2) is 29.6 Å². The van der Waals surface area contributed by atoms with Gasteiger partial charge in [0.1, 0.15) is 0 Å². The highest BCUT2D eigenvalue weighted by Gasteiger charge is 2.15. The molecular weight excluding hydrogens is 266 g/mol. The van der Waals surface area contributed by atoms with Gasteiger partial charge in [0.2, 0.25) is 0 Å². The normalized spacial score (nSPS) is 12.4. The fourth-order valence-electron chi connectivity index (χ4n) is 2.28. The second kappa shape index (κ2) is 6.86. The molecule has 1 aromatic heterocycles. The molecule has 0 amide bonds. The number of nitrogens with one attached hydrogen (secondary N) is 1. The van der Waals surface area contributed by atoms with Crippen molar-refractivity contribution in [1.29, 1.82) is 0 Å². The van der Waals surface area contributed by atoms with Gasteiger partial charge >= 0.3 is 0 Å². The predicted molar refractivity (Wildman–Crippen MR) is 88.1 cm³/mol. The smallest absolute Gasteiger partial charge is 0.190 e. The maximum Gasteiger partial charge on any atom is 0.190 e. The molecule has 0 aliphatic carbocycles. The lowest BCUT2D eigenvalue weighted by Gasteiger charge is -2.22. The Balaban J connectivity index is 2.27. The summed E-state index contributed by atoms with van der Waals surface area (Å²) in [7, 11) is 0. The fourth-order valence-corrected chi connectivity index (χ4v) is 3.28. The first-order chi connectivity index (χ1) is 9.67. The molecule has 2 aromatic rings. The van der Waals surface area contributed by atoms with Gasteiger partial charge in [-0.05, 0) is 38.9 Å². The van der Waals surface area contributed by atoms with E-state index in [1.807, 2.05) is 0 Å². The molecule has 0 saturated carbocycles. The van der Waals surface area contributed by atoms with Crippen LogP contribution in [0.2, 0.25) is 0 Å². The zero-order chi connectivity index (χ0) is 14.5. The third-order valence-electron chi connectivity index (χ3n) is 3.42. The van der Waals surface area contributed by atoms with Gasteiger partial charge in [0.15, 0.2) is 5.13 Å². The number of aromatic nitrogens is 1. The van der Waals surface area contributed by atoms with Gasteiger partial charge in [0.25, 0.3) is 0 Å². The summed E-state index contributed by atoms with van der Waals surface area (Å²) in [5, 5.41) is 6.64. The van der Waals surface area contributed by atoms with Crippen molar-refractivity contribution in [2.45, 2.75) is 33.7 Å². The Morgan fingerprint density at radius 3 is 2.70 bits per heavy atom. The Morgan fingerprint density at radius 2 is 2.05 bits per heavy atom. The largest absolute Gasteiger partial charge is 0.318 e. The second-order valence-electron chi connectivity index (χ2n) is 4.87. The van der Waals surface area contributed by atoms with Crippen LogP contribution < -0.4 is 10.2 Å². The van der Waals surface area contributed by atoms with Gasteiger partial charge in [-0.1, -0.05) is 25.1 Å². The number of thiazole rings is 1. The molecule has 1 aromatic carbocycles. The minimum Gasteiger partial charge on any atom is -0.318 e. The number of anilines is 2.